The van der Waals surface area contributed by atoms with Crippen molar-refractivity contribution in [1.29, 1.82) is 0 Å². The molecular weight excluding hydrogens is 406 g/mol. The summed E-state index contributed by atoms with van der Waals surface area (Å²) in [6.45, 7) is 10.3. The van der Waals surface area contributed by atoms with E-state index in [-0.39, 0.29) is 5.97 Å². The molecule has 7 heteroatoms. The van der Waals surface area contributed by atoms with Crippen LogP contribution >= 0.6 is 0 Å². The van der Waals surface area contributed by atoms with E-state index in [0.29, 0.717) is 23.8 Å². The fraction of sp³-hybridized carbons (Fsp3) is 0.360. The maximum Gasteiger partial charge on any atom is 0.340 e. The van der Waals surface area contributed by atoms with Crippen LogP contribution in [0, 0.1) is 6.92 Å². The molecule has 0 radical (unpaired) electrons. The molecule has 0 bridgehead atoms. The Morgan fingerprint density at radius 2 is 1.88 bits per heavy atom. The first-order valence-electron chi connectivity index (χ1n) is 11.1. The van der Waals surface area contributed by atoms with Gasteiger partial charge < -0.3 is 19.1 Å². The van der Waals surface area contributed by atoms with Crippen molar-refractivity contribution >= 4 is 11.7 Å². The number of esters is 1. The van der Waals surface area contributed by atoms with E-state index in [9.17, 15) is 4.79 Å². The van der Waals surface area contributed by atoms with E-state index < -0.39 is 5.60 Å². The number of hydrogen-bond acceptors (Lipinski definition) is 6. The van der Waals surface area contributed by atoms with Crippen LogP contribution in [-0.4, -0.2) is 35.4 Å². The summed E-state index contributed by atoms with van der Waals surface area (Å²) in [6, 6.07) is 11.5. The highest BCUT2D eigenvalue weighted by Gasteiger charge is 2.56. The fourth-order valence-electron chi connectivity index (χ4n) is 4.99. The second kappa shape index (κ2) is 7.29. The predicted octanol–water partition coefficient (Wildman–Crippen LogP) is 4.54. The molecule has 0 fully saturated rings. The number of nitrogens with zero attached hydrogens (tertiary/aromatic N) is 3. The third-order valence-corrected chi connectivity index (χ3v) is 6.34. The predicted molar refractivity (Wildman–Crippen MR) is 121 cm³/mol. The minimum Gasteiger partial charge on any atom is -0.492 e. The summed E-state index contributed by atoms with van der Waals surface area (Å²) in [6.07, 6.45) is 0. The molecule has 0 unspecified atom stereocenters. The molecule has 7 nitrogen and oxygen atoms in total. The standard InChI is InChI=1S/C25H27N3O4/c1-6-28(7-2)19-14-20-18(13-21(19)30-8-3)25(22-15(4)26-27(5)23(22)31-20)17-12-10-9-11-16(17)24(29)32-25/h9-14H,6-8H2,1-5H3/t25-/m1/s1. The van der Waals surface area contributed by atoms with Crippen LogP contribution in [0.5, 0.6) is 17.4 Å². The van der Waals surface area contributed by atoms with Crippen molar-refractivity contribution in [3.8, 4) is 17.4 Å². The molecule has 32 heavy (non-hydrogen) atoms. The van der Waals surface area contributed by atoms with Crippen LogP contribution < -0.4 is 14.4 Å². The Balaban J connectivity index is 1.86. The number of hydrogen-bond donors (Lipinski definition) is 0. The molecule has 2 aliphatic heterocycles. The van der Waals surface area contributed by atoms with E-state index in [1.54, 1.807) is 10.7 Å². The van der Waals surface area contributed by atoms with Crippen molar-refractivity contribution in [2.75, 3.05) is 24.6 Å². The Hall–Kier alpha value is -3.48. The zero-order valence-electron chi connectivity index (χ0n) is 19.1. The zero-order chi connectivity index (χ0) is 22.6. The maximum absolute atomic E-state index is 13.0. The third kappa shape index (κ3) is 2.60. The van der Waals surface area contributed by atoms with Crippen molar-refractivity contribution in [2.24, 2.45) is 7.05 Å². The molecule has 1 spiro atoms. The average molecular weight is 434 g/mol. The fourth-order valence-corrected chi connectivity index (χ4v) is 4.99. The van der Waals surface area contributed by atoms with E-state index in [0.717, 1.165) is 46.9 Å². The molecule has 1 aromatic heterocycles. The molecule has 2 aromatic carbocycles. The van der Waals surface area contributed by atoms with Crippen molar-refractivity contribution in [3.63, 3.8) is 0 Å². The molecule has 0 saturated carbocycles. The number of carbonyl (C=O) groups is 1. The van der Waals surface area contributed by atoms with Crippen molar-refractivity contribution in [3.05, 3.63) is 64.3 Å². The summed E-state index contributed by atoms with van der Waals surface area (Å²) >= 11 is 0. The Labute approximate surface area is 187 Å². The molecule has 0 N–H and O–H groups in total. The van der Waals surface area contributed by atoms with Gasteiger partial charge in [0.25, 0.3) is 0 Å². The molecule has 0 saturated heterocycles. The highest BCUT2D eigenvalue weighted by Crippen LogP contribution is 2.58. The summed E-state index contributed by atoms with van der Waals surface area (Å²) in [7, 11) is 1.84. The molecule has 3 heterocycles. The van der Waals surface area contributed by atoms with Gasteiger partial charge in [0, 0.05) is 31.8 Å². The van der Waals surface area contributed by atoms with Crippen molar-refractivity contribution in [2.45, 2.75) is 33.3 Å². The number of ether oxygens (including phenoxy) is 3. The SMILES string of the molecule is CCOc1cc2c(cc1N(CC)CC)Oc1c(c(C)nn1C)[C@]21OC(=O)c2ccccc21. The van der Waals surface area contributed by atoms with Crippen LogP contribution in [0.15, 0.2) is 36.4 Å². The van der Waals surface area contributed by atoms with Gasteiger partial charge in [0.05, 0.1) is 34.7 Å². The lowest BCUT2D eigenvalue weighted by Gasteiger charge is -2.36. The highest BCUT2D eigenvalue weighted by molar-refractivity contribution is 5.97. The van der Waals surface area contributed by atoms with E-state index in [1.807, 2.05) is 51.2 Å². The molecule has 2 aliphatic rings. The van der Waals surface area contributed by atoms with Gasteiger partial charge in [-0.2, -0.15) is 5.10 Å². The second-order valence-corrected chi connectivity index (χ2v) is 8.03. The minimum atomic E-state index is -1.14. The number of carbonyl (C=O) groups excluding carboxylic acids is 1. The Morgan fingerprint density at radius 1 is 1.12 bits per heavy atom. The lowest BCUT2D eigenvalue weighted by Crippen LogP contribution is -2.34. The Kier molecular flexibility index (Phi) is 4.65. The van der Waals surface area contributed by atoms with E-state index in [1.165, 1.54) is 0 Å². The smallest absolute Gasteiger partial charge is 0.340 e. The molecule has 5 rings (SSSR count). The van der Waals surface area contributed by atoms with Gasteiger partial charge in [-0.25, -0.2) is 9.48 Å². The first-order valence-corrected chi connectivity index (χ1v) is 11.1. The highest BCUT2D eigenvalue weighted by atomic mass is 16.6. The number of anilines is 1. The molecule has 0 amide bonds. The largest absolute Gasteiger partial charge is 0.492 e. The van der Waals surface area contributed by atoms with E-state index in [2.05, 4.69) is 23.8 Å². The lowest BCUT2D eigenvalue weighted by molar-refractivity contribution is 0.0220. The summed E-state index contributed by atoms with van der Waals surface area (Å²) < 4.78 is 20.4. The number of aromatic nitrogens is 2. The van der Waals surface area contributed by atoms with Gasteiger partial charge in [0.15, 0.2) is 5.60 Å². The quantitative estimate of drug-likeness (QED) is 0.551. The van der Waals surface area contributed by atoms with Crippen LogP contribution in [0.25, 0.3) is 0 Å². The average Bonchev–Trinajstić information content (AvgIpc) is 3.24. The van der Waals surface area contributed by atoms with Crippen LogP contribution in [0.1, 0.15) is 53.5 Å². The van der Waals surface area contributed by atoms with Gasteiger partial charge >= 0.3 is 5.97 Å². The van der Waals surface area contributed by atoms with E-state index >= 15 is 0 Å². The maximum atomic E-state index is 13.0. The molecule has 166 valence electrons. The summed E-state index contributed by atoms with van der Waals surface area (Å²) in [4.78, 5) is 15.2. The summed E-state index contributed by atoms with van der Waals surface area (Å²) in [5.74, 6) is 1.60. The molecule has 3 aromatic rings. The van der Waals surface area contributed by atoms with Gasteiger partial charge in [0.1, 0.15) is 11.5 Å². The Bertz CT molecular complexity index is 1230. The zero-order valence-corrected chi connectivity index (χ0v) is 19.1. The van der Waals surface area contributed by atoms with Gasteiger partial charge in [-0.15, -0.1) is 0 Å². The normalized spacial score (nSPS) is 18.0. The monoisotopic (exact) mass is 433 g/mol. The number of aryl methyl sites for hydroxylation is 2. The second-order valence-electron chi connectivity index (χ2n) is 8.03. The number of fused-ring (bicyclic) bond motifs is 6. The number of rotatable bonds is 5. The number of benzene rings is 2. The molecule has 1 atom stereocenters. The lowest BCUT2D eigenvalue weighted by atomic mass is 9.78. The first kappa shape index (κ1) is 20.4. The van der Waals surface area contributed by atoms with Crippen LogP contribution in [0.4, 0.5) is 5.69 Å². The first-order chi connectivity index (χ1) is 15.5. The Morgan fingerprint density at radius 3 is 2.59 bits per heavy atom. The van der Waals surface area contributed by atoms with Gasteiger partial charge in [-0.05, 0) is 39.8 Å². The van der Waals surface area contributed by atoms with Crippen LogP contribution in [0.2, 0.25) is 0 Å². The van der Waals surface area contributed by atoms with Crippen LogP contribution in [-0.2, 0) is 17.4 Å². The van der Waals surface area contributed by atoms with Crippen molar-refractivity contribution < 1.29 is 19.0 Å². The summed E-state index contributed by atoms with van der Waals surface area (Å²) in [5.41, 5.74) is 3.42. The minimum absolute atomic E-state index is 0.353. The van der Waals surface area contributed by atoms with Gasteiger partial charge in [0.2, 0.25) is 5.88 Å². The van der Waals surface area contributed by atoms with Crippen LogP contribution in [0.3, 0.4) is 0 Å². The molecular formula is C25H27N3O4. The van der Waals surface area contributed by atoms with Crippen molar-refractivity contribution in [1.82, 2.24) is 9.78 Å². The topological polar surface area (TPSA) is 65.8 Å². The van der Waals surface area contributed by atoms with E-state index in [4.69, 9.17) is 14.2 Å². The van der Waals surface area contributed by atoms with Gasteiger partial charge in [-0.1, -0.05) is 18.2 Å². The summed E-state index contributed by atoms with van der Waals surface area (Å²) in [5, 5.41) is 4.60. The third-order valence-electron chi connectivity index (χ3n) is 6.34. The molecule has 0 aliphatic carbocycles. The van der Waals surface area contributed by atoms with Gasteiger partial charge in [-0.3, -0.25) is 0 Å².